The second-order valence-corrected chi connectivity index (χ2v) is 2.56. The third-order valence-corrected chi connectivity index (χ3v) is 1.88. The Morgan fingerprint density at radius 3 is 2.82 bits per heavy atom. The van der Waals surface area contributed by atoms with Crippen LogP contribution in [0.25, 0.3) is 0 Å². The highest BCUT2D eigenvalue weighted by molar-refractivity contribution is 5.47. The SMILES string of the molecule is CCc1c(C)ccnc1NC.[HH]. The van der Waals surface area contributed by atoms with Crippen LogP contribution in [0.15, 0.2) is 12.3 Å². The zero-order valence-corrected chi connectivity index (χ0v) is 7.31. The Balaban J connectivity index is 0.00000121. The van der Waals surface area contributed by atoms with Gasteiger partial charge in [-0.1, -0.05) is 6.92 Å². The van der Waals surface area contributed by atoms with Gasteiger partial charge < -0.3 is 5.32 Å². The molecule has 0 aliphatic carbocycles. The van der Waals surface area contributed by atoms with Crippen LogP contribution in [0.3, 0.4) is 0 Å². The Labute approximate surface area is 69.1 Å². The largest absolute Gasteiger partial charge is 0.373 e. The molecule has 1 heterocycles. The molecule has 0 saturated carbocycles. The molecule has 0 unspecified atom stereocenters. The molecule has 0 aliphatic heterocycles. The number of pyridine rings is 1. The molecule has 2 nitrogen and oxygen atoms in total. The number of hydrogen-bond donors (Lipinski definition) is 1. The van der Waals surface area contributed by atoms with E-state index in [9.17, 15) is 0 Å². The van der Waals surface area contributed by atoms with Gasteiger partial charge in [0.1, 0.15) is 5.82 Å². The molecule has 2 heteroatoms. The Kier molecular flexibility index (Phi) is 2.47. The van der Waals surface area contributed by atoms with Crippen LogP contribution in [0.5, 0.6) is 0 Å². The maximum absolute atomic E-state index is 4.22. The Morgan fingerprint density at radius 1 is 1.64 bits per heavy atom. The second kappa shape index (κ2) is 3.37. The quantitative estimate of drug-likeness (QED) is 0.703. The highest BCUT2D eigenvalue weighted by Crippen LogP contribution is 2.15. The topological polar surface area (TPSA) is 24.9 Å². The fourth-order valence-corrected chi connectivity index (χ4v) is 1.25. The Bertz CT molecular complexity index is 248. The van der Waals surface area contributed by atoms with Gasteiger partial charge in [0.05, 0.1) is 0 Å². The Morgan fingerprint density at radius 2 is 2.36 bits per heavy atom. The van der Waals surface area contributed by atoms with Crippen LogP contribution in [-0.4, -0.2) is 12.0 Å². The molecule has 11 heavy (non-hydrogen) atoms. The van der Waals surface area contributed by atoms with E-state index in [0.29, 0.717) is 0 Å². The first kappa shape index (κ1) is 8.05. The van der Waals surface area contributed by atoms with Crippen LogP contribution in [0.4, 0.5) is 5.82 Å². The molecule has 1 rings (SSSR count). The fraction of sp³-hybridized carbons (Fsp3) is 0.444. The van der Waals surface area contributed by atoms with Crippen molar-refractivity contribution in [1.29, 1.82) is 0 Å². The van der Waals surface area contributed by atoms with Crippen molar-refractivity contribution >= 4 is 5.82 Å². The number of nitrogens with zero attached hydrogens (tertiary/aromatic N) is 1. The fourth-order valence-electron chi connectivity index (χ4n) is 1.25. The average Bonchev–Trinajstić information content (AvgIpc) is 2.04. The summed E-state index contributed by atoms with van der Waals surface area (Å²) in [6, 6.07) is 2.04. The lowest BCUT2D eigenvalue weighted by atomic mass is 10.1. The average molecular weight is 152 g/mol. The number of hydrogen-bond acceptors (Lipinski definition) is 2. The summed E-state index contributed by atoms with van der Waals surface area (Å²) in [6.07, 6.45) is 2.87. The summed E-state index contributed by atoms with van der Waals surface area (Å²) in [7, 11) is 1.90. The predicted octanol–water partition coefficient (Wildman–Crippen LogP) is 2.24. The van der Waals surface area contributed by atoms with E-state index < -0.39 is 0 Å². The third kappa shape index (κ3) is 1.50. The van der Waals surface area contributed by atoms with Crippen LogP contribution >= 0.6 is 0 Å². The normalized spacial score (nSPS) is 9.73. The molecule has 0 atom stereocenters. The summed E-state index contributed by atoms with van der Waals surface area (Å²) in [5, 5.41) is 3.08. The van der Waals surface area contributed by atoms with E-state index in [1.165, 1.54) is 11.1 Å². The number of nitrogens with one attached hydrogen (secondary N) is 1. The van der Waals surface area contributed by atoms with Crippen molar-refractivity contribution in [3.05, 3.63) is 23.4 Å². The van der Waals surface area contributed by atoms with Gasteiger partial charge in [-0.3, -0.25) is 0 Å². The van der Waals surface area contributed by atoms with E-state index in [0.717, 1.165) is 12.2 Å². The van der Waals surface area contributed by atoms with Crippen molar-refractivity contribution in [2.75, 3.05) is 12.4 Å². The molecule has 0 bridgehead atoms. The summed E-state index contributed by atoms with van der Waals surface area (Å²) < 4.78 is 0. The van der Waals surface area contributed by atoms with Crippen LogP contribution in [0, 0.1) is 6.92 Å². The van der Waals surface area contributed by atoms with Crippen molar-refractivity contribution in [1.82, 2.24) is 4.98 Å². The minimum absolute atomic E-state index is 0. The van der Waals surface area contributed by atoms with Gasteiger partial charge in [-0.05, 0) is 30.5 Å². The van der Waals surface area contributed by atoms with Crippen molar-refractivity contribution in [3.8, 4) is 0 Å². The van der Waals surface area contributed by atoms with E-state index in [1.807, 2.05) is 19.3 Å². The highest BCUT2D eigenvalue weighted by atomic mass is 15.0. The van der Waals surface area contributed by atoms with Gasteiger partial charge in [-0.2, -0.15) is 0 Å². The van der Waals surface area contributed by atoms with Crippen molar-refractivity contribution in [3.63, 3.8) is 0 Å². The second-order valence-electron chi connectivity index (χ2n) is 2.56. The first-order valence-corrected chi connectivity index (χ1v) is 3.91. The number of aromatic nitrogens is 1. The van der Waals surface area contributed by atoms with Gasteiger partial charge in [0.25, 0.3) is 0 Å². The highest BCUT2D eigenvalue weighted by Gasteiger charge is 2.01. The smallest absolute Gasteiger partial charge is 0.129 e. The zero-order chi connectivity index (χ0) is 8.27. The van der Waals surface area contributed by atoms with Gasteiger partial charge in [-0.15, -0.1) is 0 Å². The van der Waals surface area contributed by atoms with Crippen molar-refractivity contribution in [2.24, 2.45) is 0 Å². The summed E-state index contributed by atoms with van der Waals surface area (Å²) in [5.41, 5.74) is 2.63. The molecule has 1 aromatic rings. The van der Waals surface area contributed by atoms with E-state index in [1.54, 1.807) is 0 Å². The number of anilines is 1. The molecule has 0 saturated heterocycles. The molecule has 62 valence electrons. The molecule has 1 N–H and O–H groups in total. The lowest BCUT2D eigenvalue weighted by Gasteiger charge is -2.07. The maximum atomic E-state index is 4.22. The minimum atomic E-state index is 0. The van der Waals surface area contributed by atoms with Crippen LogP contribution in [0.1, 0.15) is 19.5 Å². The lowest BCUT2D eigenvalue weighted by Crippen LogP contribution is -1.99. The molecule has 0 aromatic carbocycles. The summed E-state index contributed by atoms with van der Waals surface area (Å²) in [5.74, 6) is 1.01. The lowest BCUT2D eigenvalue weighted by molar-refractivity contribution is 1.07. The van der Waals surface area contributed by atoms with E-state index >= 15 is 0 Å². The molecule has 1 aromatic heterocycles. The molecular weight excluding hydrogens is 136 g/mol. The van der Waals surface area contributed by atoms with Crippen molar-refractivity contribution < 1.29 is 1.43 Å². The Hall–Kier alpha value is -1.05. The zero-order valence-electron chi connectivity index (χ0n) is 7.31. The number of rotatable bonds is 2. The van der Waals surface area contributed by atoms with Crippen molar-refractivity contribution in [2.45, 2.75) is 20.3 Å². The van der Waals surface area contributed by atoms with Gasteiger partial charge in [0.2, 0.25) is 0 Å². The van der Waals surface area contributed by atoms with Gasteiger partial charge in [-0.25, -0.2) is 4.98 Å². The van der Waals surface area contributed by atoms with E-state index in [4.69, 9.17) is 0 Å². The molecule has 0 radical (unpaired) electrons. The number of aryl methyl sites for hydroxylation is 1. The molecule has 0 fully saturated rings. The molecule has 0 amide bonds. The molecule has 0 spiro atoms. The third-order valence-electron chi connectivity index (χ3n) is 1.88. The van der Waals surface area contributed by atoms with E-state index in [2.05, 4.69) is 24.1 Å². The van der Waals surface area contributed by atoms with Crippen LogP contribution in [-0.2, 0) is 6.42 Å². The summed E-state index contributed by atoms with van der Waals surface area (Å²) >= 11 is 0. The molecular formula is C9H16N2. The van der Waals surface area contributed by atoms with Gasteiger partial charge in [0.15, 0.2) is 0 Å². The first-order valence-electron chi connectivity index (χ1n) is 3.91. The van der Waals surface area contributed by atoms with Gasteiger partial charge in [0, 0.05) is 14.7 Å². The molecule has 0 aliphatic rings. The van der Waals surface area contributed by atoms with Gasteiger partial charge >= 0.3 is 0 Å². The summed E-state index contributed by atoms with van der Waals surface area (Å²) in [4.78, 5) is 4.22. The minimum Gasteiger partial charge on any atom is -0.373 e. The monoisotopic (exact) mass is 152 g/mol. The maximum Gasteiger partial charge on any atom is 0.129 e. The van der Waals surface area contributed by atoms with Crippen LogP contribution in [0.2, 0.25) is 0 Å². The van der Waals surface area contributed by atoms with E-state index in [-0.39, 0.29) is 1.43 Å². The first-order chi connectivity index (χ1) is 5.29. The predicted molar refractivity (Wildman–Crippen MR) is 50.0 cm³/mol. The summed E-state index contributed by atoms with van der Waals surface area (Å²) in [6.45, 7) is 4.26. The standard InChI is InChI=1S/C9H14N2.H2/c1-4-8-7(2)5-6-11-9(8)10-3;/h5-6H,4H2,1-3H3,(H,10,11);1H. The van der Waals surface area contributed by atoms with Crippen LogP contribution < -0.4 is 5.32 Å².